The van der Waals surface area contributed by atoms with Crippen LogP contribution in [0.3, 0.4) is 0 Å². The van der Waals surface area contributed by atoms with Crippen molar-refractivity contribution in [3.8, 4) is 0 Å². The van der Waals surface area contributed by atoms with E-state index in [1.165, 1.54) is 30.5 Å². The molecule has 1 aromatic heterocycles. The van der Waals surface area contributed by atoms with Gasteiger partial charge < -0.3 is 10.3 Å². The maximum atomic E-state index is 13.7. The van der Waals surface area contributed by atoms with Gasteiger partial charge >= 0.3 is 0 Å². The van der Waals surface area contributed by atoms with E-state index in [0.29, 0.717) is 12.1 Å². The molecule has 3 heterocycles. The molecule has 2 N–H and O–H groups in total. The molecule has 30 heavy (non-hydrogen) atoms. The van der Waals surface area contributed by atoms with Gasteiger partial charge in [0.1, 0.15) is 5.82 Å². The Morgan fingerprint density at radius 3 is 2.60 bits per heavy atom. The summed E-state index contributed by atoms with van der Waals surface area (Å²) in [6, 6.07) is 16.7. The van der Waals surface area contributed by atoms with Crippen molar-refractivity contribution < 1.29 is 9.18 Å². The number of aromatic nitrogens is 1. The van der Waals surface area contributed by atoms with Gasteiger partial charge in [0.2, 0.25) is 5.91 Å². The van der Waals surface area contributed by atoms with E-state index in [1.807, 2.05) is 6.92 Å². The van der Waals surface area contributed by atoms with Crippen molar-refractivity contribution in [3.05, 3.63) is 71.2 Å². The number of rotatable bonds is 5. The molecule has 5 rings (SSSR count). The summed E-state index contributed by atoms with van der Waals surface area (Å²) in [4.78, 5) is 18.7. The van der Waals surface area contributed by atoms with Crippen molar-refractivity contribution in [1.82, 2.24) is 15.2 Å². The summed E-state index contributed by atoms with van der Waals surface area (Å²) in [5.41, 5.74) is 4.07. The van der Waals surface area contributed by atoms with Crippen LogP contribution in [0.4, 0.5) is 4.39 Å². The third kappa shape index (κ3) is 3.74. The number of fused-ring (bicyclic) bond motifs is 3. The number of hydrogen-bond acceptors (Lipinski definition) is 2. The number of nitrogens with zero attached hydrogens (tertiary/aromatic N) is 1. The van der Waals surface area contributed by atoms with Crippen molar-refractivity contribution in [3.63, 3.8) is 0 Å². The molecule has 0 aliphatic carbocycles. The highest BCUT2D eigenvalue weighted by atomic mass is 19.1. The van der Waals surface area contributed by atoms with Crippen LogP contribution in [-0.4, -0.2) is 33.9 Å². The summed E-state index contributed by atoms with van der Waals surface area (Å²) >= 11 is 0. The van der Waals surface area contributed by atoms with Gasteiger partial charge in [-0.3, -0.25) is 9.69 Å². The van der Waals surface area contributed by atoms with Gasteiger partial charge in [-0.2, -0.15) is 0 Å². The normalized spacial score (nSPS) is 23.7. The first kappa shape index (κ1) is 19.3. The van der Waals surface area contributed by atoms with Gasteiger partial charge in [-0.1, -0.05) is 30.3 Å². The van der Waals surface area contributed by atoms with Gasteiger partial charge in [-0.15, -0.1) is 0 Å². The number of carbonyl (C=O) groups excluding carboxylic acids is 1. The van der Waals surface area contributed by atoms with E-state index in [4.69, 9.17) is 0 Å². The number of H-pyrrole nitrogens is 1. The molecule has 3 aromatic rings. The largest absolute Gasteiger partial charge is 0.358 e. The molecule has 2 aliphatic rings. The lowest BCUT2D eigenvalue weighted by atomic mass is 9.96. The molecule has 2 atom stereocenters. The molecular formula is C25H28FN3O. The molecule has 2 unspecified atom stereocenters. The third-order valence-electron chi connectivity index (χ3n) is 6.88. The fraction of sp³-hybridized carbons (Fsp3) is 0.400. The number of amides is 1. The first-order valence-corrected chi connectivity index (χ1v) is 10.9. The highest BCUT2D eigenvalue weighted by molar-refractivity contribution is 5.90. The minimum absolute atomic E-state index is 0.0316. The van der Waals surface area contributed by atoms with Crippen molar-refractivity contribution in [2.24, 2.45) is 0 Å². The zero-order valence-corrected chi connectivity index (χ0v) is 17.3. The Hall–Kier alpha value is -2.66. The van der Waals surface area contributed by atoms with Crippen LogP contribution < -0.4 is 5.32 Å². The van der Waals surface area contributed by atoms with E-state index < -0.39 is 0 Å². The lowest BCUT2D eigenvalue weighted by Crippen LogP contribution is -2.50. The second-order valence-corrected chi connectivity index (χ2v) is 8.87. The highest BCUT2D eigenvalue weighted by Gasteiger charge is 2.40. The van der Waals surface area contributed by atoms with Gasteiger partial charge in [0.15, 0.2) is 0 Å². The monoisotopic (exact) mass is 405 g/mol. The second kappa shape index (κ2) is 7.88. The number of nitrogens with one attached hydrogen (secondary N) is 2. The van der Waals surface area contributed by atoms with Crippen LogP contribution in [0, 0.1) is 12.7 Å². The molecule has 0 spiro atoms. The van der Waals surface area contributed by atoms with Crippen molar-refractivity contribution in [2.45, 2.75) is 63.7 Å². The minimum atomic E-state index is -0.273. The van der Waals surface area contributed by atoms with E-state index in [2.05, 4.69) is 45.5 Å². The fourth-order valence-electron chi connectivity index (χ4n) is 5.47. The average Bonchev–Trinajstić information content (AvgIpc) is 3.14. The van der Waals surface area contributed by atoms with Crippen molar-refractivity contribution >= 4 is 16.8 Å². The van der Waals surface area contributed by atoms with Crippen LogP contribution in [0.15, 0.2) is 48.5 Å². The summed E-state index contributed by atoms with van der Waals surface area (Å²) < 4.78 is 13.7. The summed E-state index contributed by atoms with van der Waals surface area (Å²) in [7, 11) is 0. The lowest BCUT2D eigenvalue weighted by Gasteiger charge is -2.39. The molecule has 1 amide bonds. The summed E-state index contributed by atoms with van der Waals surface area (Å²) in [5, 5.41) is 4.08. The second-order valence-electron chi connectivity index (χ2n) is 8.87. The van der Waals surface area contributed by atoms with Crippen molar-refractivity contribution in [1.29, 1.82) is 0 Å². The quantitative estimate of drug-likeness (QED) is 0.658. The Labute approximate surface area is 176 Å². The number of aromatic amines is 1. The van der Waals surface area contributed by atoms with E-state index in [0.717, 1.165) is 41.5 Å². The standard InChI is InChI=1S/C25H28FN3O/c1-16-22(23-11-18(26)7-10-24(23)27-16)14-25(30)28-19-12-20-8-9-21(13-19)29(20)15-17-5-3-2-4-6-17/h2-7,10-11,19-21,27H,8-9,12-15H2,1H3,(H,28,30). The Balaban J connectivity index is 1.23. The van der Waals surface area contributed by atoms with Gasteiger partial charge in [0.25, 0.3) is 0 Å². The van der Waals surface area contributed by atoms with E-state index >= 15 is 0 Å². The number of aryl methyl sites for hydroxylation is 1. The number of piperidine rings is 1. The topological polar surface area (TPSA) is 48.1 Å². The van der Waals surface area contributed by atoms with E-state index in [1.54, 1.807) is 6.07 Å². The molecule has 0 saturated carbocycles. The molecule has 4 nitrogen and oxygen atoms in total. The maximum Gasteiger partial charge on any atom is 0.224 e. The zero-order valence-electron chi connectivity index (χ0n) is 17.3. The average molecular weight is 406 g/mol. The zero-order chi connectivity index (χ0) is 20.7. The van der Waals surface area contributed by atoms with Gasteiger partial charge in [0.05, 0.1) is 6.42 Å². The first-order valence-electron chi connectivity index (χ1n) is 10.9. The van der Waals surface area contributed by atoms with Gasteiger partial charge in [-0.25, -0.2) is 4.39 Å². The number of halogens is 1. The lowest BCUT2D eigenvalue weighted by molar-refractivity contribution is -0.121. The number of hydrogen-bond donors (Lipinski definition) is 2. The molecule has 2 fully saturated rings. The predicted molar refractivity (Wildman–Crippen MR) is 117 cm³/mol. The molecule has 2 saturated heterocycles. The molecule has 0 radical (unpaired) electrons. The summed E-state index contributed by atoms with van der Waals surface area (Å²) in [6.45, 7) is 2.94. The number of benzene rings is 2. The van der Waals surface area contributed by atoms with Crippen LogP contribution in [0.1, 0.15) is 42.5 Å². The van der Waals surface area contributed by atoms with Gasteiger partial charge in [-0.05, 0) is 61.9 Å². The van der Waals surface area contributed by atoms with Crippen LogP contribution in [0.25, 0.3) is 10.9 Å². The molecule has 156 valence electrons. The van der Waals surface area contributed by atoms with Crippen LogP contribution in [0.5, 0.6) is 0 Å². The summed E-state index contributed by atoms with van der Waals surface area (Å²) in [5.74, 6) is -0.241. The van der Waals surface area contributed by atoms with E-state index in [9.17, 15) is 9.18 Å². The highest BCUT2D eigenvalue weighted by Crippen LogP contribution is 2.37. The molecule has 2 bridgehead atoms. The summed E-state index contributed by atoms with van der Waals surface area (Å²) in [6.07, 6.45) is 4.73. The minimum Gasteiger partial charge on any atom is -0.358 e. The Kier molecular flexibility index (Phi) is 5.07. The van der Waals surface area contributed by atoms with Gasteiger partial charge in [0, 0.05) is 41.3 Å². The first-order chi connectivity index (χ1) is 14.6. The Morgan fingerprint density at radius 2 is 1.87 bits per heavy atom. The smallest absolute Gasteiger partial charge is 0.224 e. The maximum absolute atomic E-state index is 13.7. The van der Waals surface area contributed by atoms with Crippen LogP contribution in [0.2, 0.25) is 0 Å². The van der Waals surface area contributed by atoms with Crippen LogP contribution in [-0.2, 0) is 17.8 Å². The molecular weight excluding hydrogens is 377 g/mol. The van der Waals surface area contributed by atoms with Crippen molar-refractivity contribution in [2.75, 3.05) is 0 Å². The number of carbonyl (C=O) groups is 1. The molecule has 5 heteroatoms. The molecule has 2 aromatic carbocycles. The van der Waals surface area contributed by atoms with Crippen LogP contribution >= 0.6 is 0 Å². The Morgan fingerprint density at radius 1 is 1.13 bits per heavy atom. The predicted octanol–water partition coefficient (Wildman–Crippen LogP) is 4.47. The Bertz CT molecular complexity index is 1050. The third-order valence-corrected chi connectivity index (χ3v) is 6.88. The van der Waals surface area contributed by atoms with E-state index in [-0.39, 0.29) is 24.2 Å². The fourth-order valence-corrected chi connectivity index (χ4v) is 5.47. The molecule has 2 aliphatic heterocycles. The SMILES string of the molecule is Cc1[nH]c2ccc(F)cc2c1CC(=O)NC1CC2CCC(C1)N2Cc1ccccc1.